The van der Waals surface area contributed by atoms with Gasteiger partial charge in [-0.1, -0.05) is 14.3 Å². The summed E-state index contributed by atoms with van der Waals surface area (Å²) in [6.45, 7) is 0. The summed E-state index contributed by atoms with van der Waals surface area (Å²) in [5.41, 5.74) is 0. The summed E-state index contributed by atoms with van der Waals surface area (Å²) in [5.74, 6) is 0. The molecule has 0 atom stereocenters. The van der Waals surface area contributed by atoms with Crippen LogP contribution in [0, 0.1) is 0 Å². The maximum Gasteiger partial charge on any atom is 2.00 e. The van der Waals surface area contributed by atoms with E-state index in [1.807, 2.05) is 18.2 Å². The topological polar surface area (TPSA) is 108 Å². The van der Waals surface area contributed by atoms with Gasteiger partial charge in [-0.25, -0.2) is 0 Å². The molecule has 0 bridgehead atoms. The Bertz CT molecular complexity index is 155. The molecule has 0 saturated heterocycles. The zero-order valence-corrected chi connectivity index (χ0v) is 8.68. The molecule has 0 aromatic carbocycles. The smallest absolute Gasteiger partial charge is 0.813 e. The van der Waals surface area contributed by atoms with Crippen LogP contribution in [0.15, 0.2) is 30.6 Å². The van der Waals surface area contributed by atoms with Crippen molar-refractivity contribution >= 4 is 31.3 Å². The van der Waals surface area contributed by atoms with Crippen LogP contribution >= 0.6 is 8.25 Å². The molecule has 0 aliphatic carbocycles. The van der Waals surface area contributed by atoms with Gasteiger partial charge in [-0.3, -0.25) is 4.98 Å². The summed E-state index contributed by atoms with van der Waals surface area (Å²) in [7, 11) is -3.63. The van der Waals surface area contributed by atoms with Gasteiger partial charge < -0.3 is 19.8 Å². The minimum Gasteiger partial charge on any atom is -0.813 e. The second-order valence-corrected chi connectivity index (χ2v) is 1.77. The maximum absolute atomic E-state index is 8.52. The molecule has 0 fully saturated rings. The third-order valence-electron chi connectivity index (χ3n) is 0.566. The Balaban J connectivity index is -0.000000124. The molecule has 7 heteroatoms. The van der Waals surface area contributed by atoms with Crippen molar-refractivity contribution in [3.05, 3.63) is 30.6 Å². The fraction of sp³-hybridized carbons (Fsp3) is 0. The summed E-state index contributed by atoms with van der Waals surface area (Å²) in [6.07, 6.45) is 3.50. The van der Waals surface area contributed by atoms with E-state index in [-0.39, 0.29) is 28.5 Å². The first-order chi connectivity index (χ1) is 4.73. The first-order valence-electron chi connectivity index (χ1n) is 2.46. The molecule has 0 unspecified atom stereocenters. The Morgan fingerprint density at radius 1 is 1.08 bits per heavy atom. The van der Waals surface area contributed by atoms with Gasteiger partial charge in [0.15, 0.2) is 0 Å². The van der Waals surface area contributed by atoms with Crippen molar-refractivity contribution in [3.8, 4) is 0 Å². The van der Waals surface area contributed by atoms with Crippen LogP contribution in [0.5, 0.6) is 0 Å². The van der Waals surface area contributed by atoms with Crippen molar-refractivity contribution in [3.63, 3.8) is 0 Å². The summed E-state index contributed by atoms with van der Waals surface area (Å²) in [6, 6.07) is 5.72. The first kappa shape index (κ1) is 17.9. The molecular formula is C5H8MgNO4P. The second-order valence-electron chi connectivity index (χ2n) is 1.27. The van der Waals surface area contributed by atoms with E-state index in [9.17, 15) is 0 Å². The Morgan fingerprint density at radius 3 is 1.50 bits per heavy atom. The van der Waals surface area contributed by atoms with Crippen LogP contribution in [0.25, 0.3) is 0 Å². The number of hydrogen-bond acceptors (Lipinski definition) is 4. The van der Waals surface area contributed by atoms with E-state index in [2.05, 4.69) is 4.98 Å². The monoisotopic (exact) mass is 201 g/mol. The fourth-order valence-electron chi connectivity index (χ4n) is 0.313. The average molecular weight is 201 g/mol. The van der Waals surface area contributed by atoms with Crippen molar-refractivity contribution in [2.24, 2.45) is 0 Å². The van der Waals surface area contributed by atoms with Crippen molar-refractivity contribution in [1.29, 1.82) is 0 Å². The van der Waals surface area contributed by atoms with Crippen LogP contribution in [0.4, 0.5) is 0 Å². The van der Waals surface area contributed by atoms with Crippen LogP contribution in [-0.2, 0) is 4.57 Å². The van der Waals surface area contributed by atoms with E-state index in [4.69, 9.17) is 14.4 Å². The van der Waals surface area contributed by atoms with Gasteiger partial charge in [0.25, 0.3) is 0 Å². The van der Waals surface area contributed by atoms with E-state index in [0.29, 0.717) is 0 Å². The summed E-state index contributed by atoms with van der Waals surface area (Å²) < 4.78 is 8.52. The van der Waals surface area contributed by atoms with Crippen LogP contribution in [0.3, 0.4) is 0 Å². The van der Waals surface area contributed by atoms with E-state index in [1.54, 1.807) is 12.4 Å². The molecule has 1 heterocycles. The standard InChI is InChI=1S/C5H5N.Mg.H3O3P.H2O/c1-2-4-6-5-3-1;;1-4(2)3;/h1-5H;;4H,(H2,1,2,3);1H2/q;+2;;/p-2. The predicted molar refractivity (Wildman–Crippen MR) is 42.6 cm³/mol. The molecule has 64 valence electrons. The number of nitrogens with zero attached hydrogens (tertiary/aromatic N) is 1. The van der Waals surface area contributed by atoms with Gasteiger partial charge in [0.05, 0.1) is 0 Å². The normalized spacial score (nSPS) is 6.92. The van der Waals surface area contributed by atoms with Crippen LogP contribution in [0.2, 0.25) is 0 Å². The van der Waals surface area contributed by atoms with Gasteiger partial charge in [-0.05, 0) is 12.1 Å². The third-order valence-corrected chi connectivity index (χ3v) is 0.566. The largest absolute Gasteiger partial charge is 2.00 e. The van der Waals surface area contributed by atoms with E-state index in [1.165, 1.54) is 0 Å². The molecule has 0 radical (unpaired) electrons. The maximum atomic E-state index is 8.52. The Morgan fingerprint density at radius 2 is 1.42 bits per heavy atom. The second kappa shape index (κ2) is 13.6. The molecule has 0 saturated carbocycles. The van der Waals surface area contributed by atoms with Gasteiger partial charge in [-0.2, -0.15) is 0 Å². The summed E-state index contributed by atoms with van der Waals surface area (Å²) in [4.78, 5) is 20.8. The molecule has 5 nitrogen and oxygen atoms in total. The van der Waals surface area contributed by atoms with Gasteiger partial charge in [-0.15, -0.1) is 0 Å². The quantitative estimate of drug-likeness (QED) is 0.356. The summed E-state index contributed by atoms with van der Waals surface area (Å²) >= 11 is 0. The van der Waals surface area contributed by atoms with Gasteiger partial charge >= 0.3 is 23.1 Å². The number of aromatic nitrogens is 1. The van der Waals surface area contributed by atoms with Crippen LogP contribution in [0.1, 0.15) is 0 Å². The van der Waals surface area contributed by atoms with Crippen molar-refractivity contribution in [1.82, 2.24) is 4.98 Å². The van der Waals surface area contributed by atoms with Gasteiger partial charge in [0, 0.05) is 12.4 Å². The summed E-state index contributed by atoms with van der Waals surface area (Å²) in [5, 5.41) is 0. The molecule has 2 N–H and O–H groups in total. The Kier molecular flexibility index (Phi) is 20.3. The van der Waals surface area contributed by atoms with Crippen molar-refractivity contribution in [2.75, 3.05) is 0 Å². The minimum atomic E-state index is -3.63. The number of hydrogen-bond donors (Lipinski definition) is 0. The predicted octanol–water partition coefficient (Wildman–Crippen LogP) is -2.03. The van der Waals surface area contributed by atoms with Crippen molar-refractivity contribution < 1.29 is 19.8 Å². The Hall–Kier alpha value is 0.0262. The SMILES string of the molecule is O.O=[PH]([O-])[O-].[Mg+2].c1ccncc1. The molecule has 1 rings (SSSR count). The third kappa shape index (κ3) is 22.5. The molecular weight excluding hydrogens is 193 g/mol. The van der Waals surface area contributed by atoms with E-state index in [0.717, 1.165) is 0 Å². The van der Waals surface area contributed by atoms with Gasteiger partial charge in [0.1, 0.15) is 0 Å². The molecule has 0 amide bonds. The molecule has 12 heavy (non-hydrogen) atoms. The molecule has 1 aromatic heterocycles. The zero-order valence-electron chi connectivity index (χ0n) is 6.27. The van der Waals surface area contributed by atoms with Gasteiger partial charge in [0.2, 0.25) is 0 Å². The van der Waals surface area contributed by atoms with Crippen LogP contribution < -0.4 is 9.79 Å². The molecule has 0 aliphatic rings. The Labute approximate surface area is 86.9 Å². The minimum absolute atomic E-state index is 0. The fourth-order valence-corrected chi connectivity index (χ4v) is 0.313. The van der Waals surface area contributed by atoms with E-state index < -0.39 is 8.25 Å². The molecule has 1 aromatic rings. The van der Waals surface area contributed by atoms with E-state index >= 15 is 0 Å². The zero-order chi connectivity index (χ0) is 7.82. The van der Waals surface area contributed by atoms with Crippen molar-refractivity contribution in [2.45, 2.75) is 0 Å². The first-order valence-corrected chi connectivity index (χ1v) is 3.69. The number of pyridine rings is 1. The average Bonchev–Trinajstić information content (AvgIpc) is 1.90. The van der Waals surface area contributed by atoms with Crippen LogP contribution in [-0.4, -0.2) is 33.5 Å². The molecule has 0 spiro atoms. The molecule has 0 aliphatic heterocycles. The number of rotatable bonds is 0.